The second-order valence-electron chi connectivity index (χ2n) is 5.46. The molecule has 0 aliphatic carbocycles. The van der Waals surface area contributed by atoms with Crippen LogP contribution in [0.1, 0.15) is 31.7 Å². The molecule has 1 aliphatic rings. The summed E-state index contributed by atoms with van der Waals surface area (Å²) in [5, 5.41) is 6.31. The molecule has 1 heterocycles. The van der Waals surface area contributed by atoms with Crippen molar-refractivity contribution >= 4 is 18.0 Å². The van der Waals surface area contributed by atoms with Gasteiger partial charge in [0.15, 0.2) is 0 Å². The number of hydrazone groups is 1. The van der Waals surface area contributed by atoms with E-state index in [2.05, 4.69) is 15.8 Å². The monoisotopic (exact) mass is 333 g/mol. The Balaban J connectivity index is 1.71. The third-order valence-corrected chi connectivity index (χ3v) is 3.45. The average molecular weight is 333 g/mol. The number of rotatable bonds is 7. The van der Waals surface area contributed by atoms with Crippen molar-refractivity contribution in [3.05, 3.63) is 29.8 Å². The van der Waals surface area contributed by atoms with Gasteiger partial charge in [0.25, 0.3) is 0 Å². The molecule has 1 saturated heterocycles. The fraction of sp³-hybridized carbons (Fsp3) is 0.471. The average Bonchev–Trinajstić information content (AvgIpc) is 3.12. The zero-order valence-electron chi connectivity index (χ0n) is 13.8. The molecule has 2 amide bonds. The second-order valence-corrected chi connectivity index (χ2v) is 5.46. The summed E-state index contributed by atoms with van der Waals surface area (Å²) in [5.74, 6) is -0.732. The highest BCUT2D eigenvalue weighted by Crippen LogP contribution is 2.11. The number of carbonyl (C=O) groups is 2. The molecule has 7 heteroatoms. The lowest BCUT2D eigenvalue weighted by Crippen LogP contribution is -2.41. The van der Waals surface area contributed by atoms with E-state index in [0.29, 0.717) is 19.8 Å². The van der Waals surface area contributed by atoms with Gasteiger partial charge >= 0.3 is 11.8 Å². The molecule has 0 aromatic heterocycles. The summed E-state index contributed by atoms with van der Waals surface area (Å²) in [7, 11) is 0. The first-order valence-electron chi connectivity index (χ1n) is 8.14. The minimum absolute atomic E-state index is 0.00121. The van der Waals surface area contributed by atoms with E-state index >= 15 is 0 Å². The van der Waals surface area contributed by atoms with Crippen LogP contribution in [0.4, 0.5) is 0 Å². The van der Waals surface area contributed by atoms with Crippen LogP contribution in [0.3, 0.4) is 0 Å². The molecule has 0 unspecified atom stereocenters. The van der Waals surface area contributed by atoms with Gasteiger partial charge in [-0.1, -0.05) is 6.92 Å². The number of carbonyl (C=O) groups excluding carboxylic acids is 2. The van der Waals surface area contributed by atoms with E-state index in [-0.39, 0.29) is 6.10 Å². The van der Waals surface area contributed by atoms with Gasteiger partial charge < -0.3 is 14.8 Å². The molecule has 130 valence electrons. The van der Waals surface area contributed by atoms with E-state index in [1.54, 1.807) is 0 Å². The van der Waals surface area contributed by atoms with Crippen molar-refractivity contribution in [1.82, 2.24) is 10.7 Å². The molecule has 0 bridgehead atoms. The summed E-state index contributed by atoms with van der Waals surface area (Å²) in [6, 6.07) is 7.29. The lowest BCUT2D eigenvalue weighted by Gasteiger charge is -2.09. The first kappa shape index (κ1) is 17.9. The standard InChI is InChI=1S/C17H23N3O4/c1-2-9-23-14-7-5-13(6-8-14)11-19-20-17(22)16(21)18-12-15-4-3-10-24-15/h5-8,11,15H,2-4,9-10,12H2,1H3,(H,18,21)(H,20,22)/b19-11-/t15-/m1/s1. The Morgan fingerprint density at radius 2 is 2.12 bits per heavy atom. The maximum atomic E-state index is 11.6. The van der Waals surface area contributed by atoms with Gasteiger partial charge in [-0.05, 0) is 49.1 Å². The minimum atomic E-state index is -0.799. The predicted octanol–water partition coefficient (Wildman–Crippen LogP) is 1.22. The molecule has 0 radical (unpaired) electrons. The number of hydrogen-bond acceptors (Lipinski definition) is 5. The predicted molar refractivity (Wildman–Crippen MR) is 89.9 cm³/mol. The normalized spacial score (nSPS) is 17.0. The Morgan fingerprint density at radius 1 is 1.33 bits per heavy atom. The van der Waals surface area contributed by atoms with E-state index in [4.69, 9.17) is 9.47 Å². The number of benzene rings is 1. The van der Waals surface area contributed by atoms with Crippen LogP contribution in [-0.4, -0.2) is 43.9 Å². The van der Waals surface area contributed by atoms with Crippen molar-refractivity contribution in [2.24, 2.45) is 5.10 Å². The second kappa shape index (κ2) is 9.67. The Morgan fingerprint density at radius 3 is 2.79 bits per heavy atom. The van der Waals surface area contributed by atoms with Crippen LogP contribution in [0, 0.1) is 0 Å². The fourth-order valence-electron chi connectivity index (χ4n) is 2.18. The number of nitrogens with one attached hydrogen (secondary N) is 2. The van der Waals surface area contributed by atoms with Crippen LogP contribution < -0.4 is 15.5 Å². The molecule has 1 atom stereocenters. The van der Waals surface area contributed by atoms with Crippen molar-refractivity contribution in [2.45, 2.75) is 32.3 Å². The number of ether oxygens (including phenoxy) is 2. The molecule has 2 rings (SSSR count). The third-order valence-electron chi connectivity index (χ3n) is 3.45. The van der Waals surface area contributed by atoms with Gasteiger partial charge in [-0.2, -0.15) is 5.10 Å². The number of amides is 2. The van der Waals surface area contributed by atoms with Gasteiger partial charge in [0.2, 0.25) is 0 Å². The zero-order valence-corrected chi connectivity index (χ0v) is 13.8. The van der Waals surface area contributed by atoms with Crippen molar-refractivity contribution in [3.8, 4) is 5.75 Å². The molecule has 7 nitrogen and oxygen atoms in total. The molecule has 0 spiro atoms. The summed E-state index contributed by atoms with van der Waals surface area (Å²) >= 11 is 0. The van der Waals surface area contributed by atoms with Crippen LogP contribution in [0.25, 0.3) is 0 Å². The molecule has 2 N–H and O–H groups in total. The van der Waals surface area contributed by atoms with Crippen LogP contribution in [-0.2, 0) is 14.3 Å². The summed E-state index contributed by atoms with van der Waals surface area (Å²) in [6.07, 6.45) is 4.30. The minimum Gasteiger partial charge on any atom is -0.494 e. The van der Waals surface area contributed by atoms with Gasteiger partial charge in [-0.3, -0.25) is 9.59 Å². The number of nitrogens with zero attached hydrogens (tertiary/aromatic N) is 1. The van der Waals surface area contributed by atoms with E-state index in [0.717, 1.165) is 30.6 Å². The van der Waals surface area contributed by atoms with E-state index in [1.807, 2.05) is 31.2 Å². The molecule has 24 heavy (non-hydrogen) atoms. The van der Waals surface area contributed by atoms with Gasteiger partial charge in [0.1, 0.15) is 5.75 Å². The van der Waals surface area contributed by atoms with E-state index in [1.165, 1.54) is 6.21 Å². The van der Waals surface area contributed by atoms with Crippen LogP contribution in [0.15, 0.2) is 29.4 Å². The van der Waals surface area contributed by atoms with Crippen molar-refractivity contribution in [2.75, 3.05) is 19.8 Å². The Bertz CT molecular complexity index is 566. The van der Waals surface area contributed by atoms with Crippen molar-refractivity contribution < 1.29 is 19.1 Å². The summed E-state index contributed by atoms with van der Waals surface area (Å²) in [5.41, 5.74) is 2.99. The third kappa shape index (κ3) is 6.00. The first-order chi connectivity index (χ1) is 11.7. The summed E-state index contributed by atoms with van der Waals surface area (Å²) in [4.78, 5) is 23.2. The van der Waals surface area contributed by atoms with Crippen molar-refractivity contribution in [1.29, 1.82) is 0 Å². The maximum absolute atomic E-state index is 11.6. The van der Waals surface area contributed by atoms with Crippen molar-refractivity contribution in [3.63, 3.8) is 0 Å². The van der Waals surface area contributed by atoms with Gasteiger partial charge in [0, 0.05) is 13.2 Å². The van der Waals surface area contributed by atoms with Crippen LogP contribution in [0.2, 0.25) is 0 Å². The summed E-state index contributed by atoms with van der Waals surface area (Å²) in [6.45, 7) is 3.76. The quantitative estimate of drug-likeness (QED) is 0.446. The first-order valence-corrected chi connectivity index (χ1v) is 8.14. The summed E-state index contributed by atoms with van der Waals surface area (Å²) < 4.78 is 10.8. The molecular formula is C17H23N3O4. The Hall–Kier alpha value is -2.41. The Kier molecular flexibility index (Phi) is 7.22. The van der Waals surface area contributed by atoms with Gasteiger partial charge in [-0.25, -0.2) is 5.43 Å². The fourth-order valence-corrected chi connectivity index (χ4v) is 2.18. The van der Waals surface area contributed by atoms with Gasteiger partial charge in [0.05, 0.1) is 18.9 Å². The zero-order chi connectivity index (χ0) is 17.2. The molecule has 1 aromatic rings. The lowest BCUT2D eigenvalue weighted by atomic mass is 10.2. The number of hydrogen-bond donors (Lipinski definition) is 2. The SMILES string of the molecule is CCCOc1ccc(/C=N\NC(=O)C(=O)NC[C@H]2CCCO2)cc1. The van der Waals surface area contributed by atoms with Crippen LogP contribution >= 0.6 is 0 Å². The topological polar surface area (TPSA) is 89.0 Å². The molecule has 1 fully saturated rings. The molecule has 1 aliphatic heterocycles. The van der Waals surface area contributed by atoms with Gasteiger partial charge in [-0.15, -0.1) is 0 Å². The molecule has 0 saturated carbocycles. The highest BCUT2D eigenvalue weighted by molar-refractivity contribution is 6.35. The largest absolute Gasteiger partial charge is 0.494 e. The molecule has 1 aromatic carbocycles. The lowest BCUT2D eigenvalue weighted by molar-refractivity contribution is -0.139. The highest BCUT2D eigenvalue weighted by Gasteiger charge is 2.18. The Labute approximate surface area is 141 Å². The maximum Gasteiger partial charge on any atom is 0.329 e. The van der Waals surface area contributed by atoms with E-state index in [9.17, 15) is 9.59 Å². The smallest absolute Gasteiger partial charge is 0.329 e. The molecular weight excluding hydrogens is 310 g/mol. The van der Waals surface area contributed by atoms with Crippen LogP contribution in [0.5, 0.6) is 5.75 Å². The van der Waals surface area contributed by atoms with E-state index < -0.39 is 11.8 Å². The highest BCUT2D eigenvalue weighted by atomic mass is 16.5.